The molecular formula is C41H50BrF2N4O8P. The Morgan fingerprint density at radius 2 is 1.70 bits per heavy atom. The van der Waals surface area contributed by atoms with Crippen LogP contribution < -0.4 is 20.1 Å². The molecule has 16 heteroatoms. The molecule has 3 amide bonds. The molecule has 4 aliphatic rings. The van der Waals surface area contributed by atoms with Gasteiger partial charge in [0.05, 0.1) is 24.8 Å². The Labute approximate surface area is 339 Å². The molecule has 0 spiro atoms. The molecule has 12 nitrogen and oxygen atoms in total. The molecule has 3 aromatic rings. The first-order valence-electron chi connectivity index (χ1n) is 20.1. The van der Waals surface area contributed by atoms with Crippen LogP contribution in [0.5, 0.6) is 11.6 Å². The van der Waals surface area contributed by atoms with Gasteiger partial charge in [0, 0.05) is 27.9 Å². The monoisotopic (exact) mass is 874 g/mol. The molecule has 2 aliphatic carbocycles. The second-order valence-corrected chi connectivity index (χ2v) is 19.1. The van der Waals surface area contributed by atoms with Crippen molar-refractivity contribution in [3.63, 3.8) is 0 Å². The number of rotatable bonds is 9. The first-order valence-corrected chi connectivity index (χ1v) is 22.8. The third-order valence-electron chi connectivity index (χ3n) is 11.8. The summed E-state index contributed by atoms with van der Waals surface area (Å²) in [6, 6.07) is 8.27. The summed E-state index contributed by atoms with van der Waals surface area (Å²) in [4.78, 5) is 60.2. The number of amides is 3. The molecule has 0 radical (unpaired) electrons. The molecule has 2 saturated heterocycles. The second-order valence-electron chi connectivity index (χ2n) is 15.7. The van der Waals surface area contributed by atoms with Crippen LogP contribution in [0.1, 0.15) is 96.0 Å². The van der Waals surface area contributed by atoms with Gasteiger partial charge in [-0.15, -0.1) is 0 Å². The van der Waals surface area contributed by atoms with Crippen molar-refractivity contribution in [1.82, 2.24) is 20.5 Å². The quantitative estimate of drug-likeness (QED) is 0.181. The van der Waals surface area contributed by atoms with E-state index < -0.39 is 78.0 Å². The van der Waals surface area contributed by atoms with Crippen LogP contribution in [-0.2, 0) is 25.1 Å². The molecule has 4 fully saturated rings. The highest BCUT2D eigenvalue weighted by atomic mass is 79.9. The molecule has 1 aromatic heterocycles. The fraction of sp³-hybridized carbons (Fsp3) is 0.561. The molecule has 57 heavy (non-hydrogen) atoms. The van der Waals surface area contributed by atoms with E-state index in [1.54, 1.807) is 6.07 Å². The van der Waals surface area contributed by atoms with Crippen molar-refractivity contribution in [3.05, 3.63) is 64.1 Å². The van der Waals surface area contributed by atoms with Crippen molar-refractivity contribution < 1.29 is 46.8 Å². The van der Waals surface area contributed by atoms with Crippen LogP contribution in [0.15, 0.2) is 46.9 Å². The van der Waals surface area contributed by atoms with E-state index in [-0.39, 0.29) is 25.5 Å². The molecule has 2 unspecified atom stereocenters. The highest BCUT2D eigenvalue weighted by Gasteiger charge is 2.66. The smallest absolute Gasteiger partial charge is 0.408 e. The van der Waals surface area contributed by atoms with Gasteiger partial charge in [-0.05, 0) is 98.0 Å². The van der Waals surface area contributed by atoms with Gasteiger partial charge < -0.3 is 34.6 Å². The third-order valence-corrected chi connectivity index (χ3v) is 15.1. The zero-order valence-corrected chi connectivity index (χ0v) is 34.5. The number of pyridine rings is 1. The van der Waals surface area contributed by atoms with Gasteiger partial charge in [-0.3, -0.25) is 14.2 Å². The summed E-state index contributed by atoms with van der Waals surface area (Å²) in [5.74, 6) is -2.73. The second kappa shape index (κ2) is 17.6. The van der Waals surface area contributed by atoms with Crippen LogP contribution in [0.25, 0.3) is 10.9 Å². The van der Waals surface area contributed by atoms with Crippen molar-refractivity contribution in [2.75, 3.05) is 13.2 Å². The minimum Gasteiger partial charge on any atom is -0.488 e. The van der Waals surface area contributed by atoms with E-state index in [9.17, 15) is 32.6 Å². The number of alkyl carbamates (subject to hydrolysis) is 1. The number of nitrogens with zero attached hydrogens (tertiary/aromatic N) is 2. The lowest BCUT2D eigenvalue weighted by atomic mass is 10.0. The van der Waals surface area contributed by atoms with Gasteiger partial charge in [0.1, 0.15) is 47.0 Å². The summed E-state index contributed by atoms with van der Waals surface area (Å²) in [5, 5.41) is 4.72. The SMILES string of the molecule is CCOc1cc(OC2C[C@H]3C(=O)N[C@]4(P(=O)(O)Cc5c(F)cccc5F)C[C@@H]4CCCCCCC[C@H](NC(=O)OC4CCCC4)C(=O)N3C2)c2cccc(Br)c2n1. The largest absolute Gasteiger partial charge is 0.488 e. The zero-order chi connectivity index (χ0) is 40.3. The molecular weight excluding hydrogens is 825 g/mol. The third kappa shape index (κ3) is 9.10. The Morgan fingerprint density at radius 3 is 2.44 bits per heavy atom. The average Bonchev–Trinajstić information content (AvgIpc) is 3.43. The van der Waals surface area contributed by atoms with Gasteiger partial charge in [-0.2, -0.15) is 0 Å². The van der Waals surface area contributed by atoms with E-state index in [1.807, 2.05) is 25.1 Å². The molecule has 2 saturated carbocycles. The van der Waals surface area contributed by atoms with Crippen molar-refractivity contribution >= 4 is 52.1 Å². The summed E-state index contributed by atoms with van der Waals surface area (Å²) in [6.07, 6.45) is 5.78. The summed E-state index contributed by atoms with van der Waals surface area (Å²) in [7, 11) is -4.51. The molecule has 6 atom stereocenters. The lowest BCUT2D eigenvalue weighted by molar-refractivity contribution is -0.140. The van der Waals surface area contributed by atoms with E-state index in [0.29, 0.717) is 52.9 Å². The molecule has 3 heterocycles. The number of carbonyl (C=O) groups is 3. The van der Waals surface area contributed by atoms with Crippen LogP contribution in [0.2, 0.25) is 0 Å². The highest BCUT2D eigenvalue weighted by Crippen LogP contribution is 2.71. The number of para-hydroxylation sites is 1. The zero-order valence-electron chi connectivity index (χ0n) is 32.0. The number of benzene rings is 2. The summed E-state index contributed by atoms with van der Waals surface area (Å²) in [6.45, 7) is 2.15. The van der Waals surface area contributed by atoms with Crippen LogP contribution >= 0.6 is 23.3 Å². The van der Waals surface area contributed by atoms with E-state index in [2.05, 4.69) is 31.5 Å². The van der Waals surface area contributed by atoms with E-state index in [0.717, 1.165) is 63.5 Å². The summed E-state index contributed by atoms with van der Waals surface area (Å²) < 4.78 is 62.8. The lowest BCUT2D eigenvalue weighted by Crippen LogP contribution is -2.55. The van der Waals surface area contributed by atoms with Crippen LogP contribution in [-0.4, -0.2) is 75.4 Å². The number of fused-ring (bicyclic) bond motifs is 3. The maximum absolute atomic E-state index is 14.8. The Morgan fingerprint density at radius 1 is 1.02 bits per heavy atom. The number of hydrogen-bond acceptors (Lipinski definition) is 8. The maximum atomic E-state index is 14.8. The number of ether oxygens (including phenoxy) is 3. The Hall–Kier alpha value is -3.81. The van der Waals surface area contributed by atoms with E-state index in [1.165, 1.54) is 11.0 Å². The Bertz CT molecular complexity index is 2020. The topological polar surface area (TPSA) is 156 Å². The predicted octanol–water partition coefficient (Wildman–Crippen LogP) is 8.11. The van der Waals surface area contributed by atoms with Gasteiger partial charge in [0.15, 0.2) is 0 Å². The standard InChI is InChI=1S/C41H50BrF2N4O8P/c1-2-54-36-21-35(28-15-10-16-30(42)37(28)46-36)55-27-20-34-38(49)47-41(57(52,53)24-29-31(43)17-11-18-32(29)44)22-25(41)12-6-4-3-5-7-19-33(39(50)48(34)23-27)45-40(51)56-26-13-8-9-14-26/h10-11,15-18,21,25-27,33-34H,2-9,12-14,19-20,22-24H2,1H3,(H,45,51)(H,47,49)(H,52,53)/t25-,27?,33-,34-,41-/m0/s1. The van der Waals surface area contributed by atoms with E-state index in [4.69, 9.17) is 14.2 Å². The normalized spacial score (nSPS) is 27.0. The number of nitrogens with one attached hydrogen (secondary N) is 2. The van der Waals surface area contributed by atoms with E-state index >= 15 is 0 Å². The van der Waals surface area contributed by atoms with Crippen molar-refractivity contribution in [2.24, 2.45) is 5.92 Å². The molecule has 3 N–H and O–H groups in total. The fourth-order valence-corrected chi connectivity index (χ4v) is 11.7. The van der Waals surface area contributed by atoms with Gasteiger partial charge in [0.2, 0.25) is 25.1 Å². The van der Waals surface area contributed by atoms with Gasteiger partial charge in [-0.1, -0.05) is 44.2 Å². The van der Waals surface area contributed by atoms with Crippen LogP contribution in [0.4, 0.5) is 13.6 Å². The first kappa shape index (κ1) is 41.4. The Kier molecular flexibility index (Phi) is 12.8. The molecule has 2 aromatic carbocycles. The number of aromatic nitrogens is 1. The van der Waals surface area contributed by atoms with Crippen LogP contribution in [0, 0.1) is 17.6 Å². The fourth-order valence-electron chi connectivity index (χ4n) is 8.76. The predicted molar refractivity (Wildman–Crippen MR) is 212 cm³/mol. The lowest BCUT2D eigenvalue weighted by Gasteiger charge is -2.31. The number of carbonyl (C=O) groups excluding carboxylic acids is 3. The van der Waals surface area contributed by atoms with Crippen molar-refractivity contribution in [3.8, 4) is 11.6 Å². The summed E-state index contributed by atoms with van der Waals surface area (Å²) >= 11 is 3.56. The average molecular weight is 876 g/mol. The minimum atomic E-state index is -4.51. The highest BCUT2D eigenvalue weighted by molar-refractivity contribution is 9.10. The maximum Gasteiger partial charge on any atom is 0.408 e. The number of hydrogen-bond donors (Lipinski definition) is 3. The van der Waals surface area contributed by atoms with Gasteiger partial charge >= 0.3 is 6.09 Å². The molecule has 7 rings (SSSR count). The first-order chi connectivity index (χ1) is 27.4. The molecule has 0 bridgehead atoms. The molecule has 2 aliphatic heterocycles. The van der Waals surface area contributed by atoms with Gasteiger partial charge in [-0.25, -0.2) is 18.6 Å². The van der Waals surface area contributed by atoms with Crippen molar-refractivity contribution in [2.45, 2.75) is 126 Å². The van der Waals surface area contributed by atoms with Crippen LogP contribution in [0.3, 0.4) is 0 Å². The number of halogens is 3. The minimum absolute atomic E-state index is 0.0109. The Balaban J connectivity index is 1.21. The molecule has 308 valence electrons. The van der Waals surface area contributed by atoms with Crippen molar-refractivity contribution in [1.29, 1.82) is 0 Å². The van der Waals surface area contributed by atoms with Gasteiger partial charge in [0.25, 0.3) is 0 Å². The summed E-state index contributed by atoms with van der Waals surface area (Å²) in [5.41, 5.74) is 0.0810.